The van der Waals surface area contributed by atoms with Crippen LogP contribution in [0.25, 0.3) is 0 Å². The molecule has 1 aromatic carbocycles. The van der Waals surface area contributed by atoms with E-state index >= 15 is 0 Å². The minimum absolute atomic E-state index is 0.144. The second-order valence-corrected chi connectivity index (χ2v) is 6.65. The summed E-state index contributed by atoms with van der Waals surface area (Å²) in [5, 5.41) is 8.69. The number of aliphatic hydroxyl groups excluding tert-OH is 1. The van der Waals surface area contributed by atoms with Crippen molar-refractivity contribution < 1.29 is 13.5 Å². The quantitative estimate of drug-likeness (QED) is 0.585. The first kappa shape index (κ1) is 15.9. The lowest BCUT2D eigenvalue weighted by Crippen LogP contribution is -2.28. The minimum atomic E-state index is -3.49. The fraction of sp³-hybridized carbons (Fsp3) is 0.538. The summed E-state index contributed by atoms with van der Waals surface area (Å²) in [4.78, 5) is 0.261. The zero-order valence-corrected chi connectivity index (χ0v) is 12.3. The molecule has 0 unspecified atom stereocenters. The van der Waals surface area contributed by atoms with Crippen molar-refractivity contribution in [1.29, 1.82) is 0 Å². The van der Waals surface area contributed by atoms with Crippen molar-refractivity contribution in [1.82, 2.24) is 4.31 Å². The molecule has 1 rings (SSSR count). The topological polar surface area (TPSA) is 83.6 Å². The molecular formula is C13H22N2O3S. The fourth-order valence-corrected chi connectivity index (χ4v) is 3.27. The highest BCUT2D eigenvalue weighted by Gasteiger charge is 2.22. The van der Waals surface area contributed by atoms with Crippen molar-refractivity contribution >= 4 is 15.7 Å². The number of nitrogens with two attached hydrogens (primary N) is 1. The highest BCUT2D eigenvalue weighted by atomic mass is 32.2. The lowest BCUT2D eigenvalue weighted by Gasteiger charge is -2.18. The summed E-state index contributed by atoms with van der Waals surface area (Å²) in [6.45, 7) is 2.34. The maximum absolute atomic E-state index is 12.4. The highest BCUT2D eigenvalue weighted by Crippen LogP contribution is 2.21. The number of anilines is 1. The number of hydrogen-bond donors (Lipinski definition) is 2. The number of sulfonamides is 1. The molecule has 0 spiro atoms. The lowest BCUT2D eigenvalue weighted by molar-refractivity contribution is 0.281. The van der Waals surface area contributed by atoms with Crippen molar-refractivity contribution in [2.75, 3.05) is 25.9 Å². The van der Waals surface area contributed by atoms with Crippen LogP contribution in [0, 0.1) is 6.92 Å². The molecule has 0 aromatic heterocycles. The standard InChI is InChI=1S/C13H22N2O3S/c1-11-6-7-12(14)10-13(11)19(17,18)15(2)8-4-3-5-9-16/h6-7,10,16H,3-5,8-9,14H2,1-2H3. The van der Waals surface area contributed by atoms with Gasteiger partial charge < -0.3 is 10.8 Å². The van der Waals surface area contributed by atoms with Crippen LogP contribution in [0.3, 0.4) is 0 Å². The first-order valence-electron chi connectivity index (χ1n) is 6.33. The molecule has 0 aliphatic heterocycles. The lowest BCUT2D eigenvalue weighted by atomic mass is 10.2. The van der Waals surface area contributed by atoms with Gasteiger partial charge in [-0.1, -0.05) is 6.07 Å². The number of nitrogen functional groups attached to an aromatic ring is 1. The van der Waals surface area contributed by atoms with Crippen LogP contribution in [-0.2, 0) is 10.0 Å². The van der Waals surface area contributed by atoms with Crippen molar-refractivity contribution in [2.24, 2.45) is 0 Å². The van der Waals surface area contributed by atoms with Gasteiger partial charge in [0.15, 0.2) is 0 Å². The summed E-state index contributed by atoms with van der Waals surface area (Å²) in [6.07, 6.45) is 2.25. The Labute approximate surface area is 115 Å². The van der Waals surface area contributed by atoms with Crippen molar-refractivity contribution in [3.63, 3.8) is 0 Å². The number of rotatable bonds is 7. The molecule has 0 atom stereocenters. The molecule has 6 heteroatoms. The Morgan fingerprint density at radius 1 is 1.26 bits per heavy atom. The number of aryl methyl sites for hydroxylation is 1. The van der Waals surface area contributed by atoms with Crippen molar-refractivity contribution in [2.45, 2.75) is 31.1 Å². The SMILES string of the molecule is Cc1ccc(N)cc1S(=O)(=O)N(C)CCCCCO. The van der Waals surface area contributed by atoms with E-state index < -0.39 is 10.0 Å². The van der Waals surface area contributed by atoms with E-state index in [1.165, 1.54) is 10.4 Å². The van der Waals surface area contributed by atoms with Crippen LogP contribution in [0.1, 0.15) is 24.8 Å². The summed E-state index contributed by atoms with van der Waals surface area (Å²) >= 11 is 0. The van der Waals surface area contributed by atoms with Gasteiger partial charge in [0.1, 0.15) is 0 Å². The molecule has 0 amide bonds. The predicted octanol–water partition coefficient (Wildman–Crippen LogP) is 1.36. The number of aliphatic hydroxyl groups is 1. The van der Waals surface area contributed by atoms with Crippen LogP contribution in [0.15, 0.2) is 23.1 Å². The van der Waals surface area contributed by atoms with E-state index in [1.807, 2.05) is 0 Å². The molecule has 1 aromatic rings. The number of hydrogen-bond acceptors (Lipinski definition) is 4. The highest BCUT2D eigenvalue weighted by molar-refractivity contribution is 7.89. The fourth-order valence-electron chi connectivity index (χ4n) is 1.81. The molecule has 0 bridgehead atoms. The molecule has 0 radical (unpaired) electrons. The average molecular weight is 286 g/mol. The third kappa shape index (κ3) is 4.19. The molecule has 0 saturated heterocycles. The first-order valence-corrected chi connectivity index (χ1v) is 7.77. The van der Waals surface area contributed by atoms with Gasteiger partial charge in [-0.25, -0.2) is 12.7 Å². The Bertz CT molecular complexity index is 515. The third-order valence-corrected chi connectivity index (χ3v) is 5.03. The molecule has 108 valence electrons. The van der Waals surface area contributed by atoms with E-state index in [0.717, 1.165) is 12.8 Å². The first-order chi connectivity index (χ1) is 8.89. The second-order valence-electron chi connectivity index (χ2n) is 4.64. The smallest absolute Gasteiger partial charge is 0.243 e. The summed E-state index contributed by atoms with van der Waals surface area (Å²) in [5.74, 6) is 0. The van der Waals surface area contributed by atoms with E-state index in [0.29, 0.717) is 24.2 Å². The van der Waals surface area contributed by atoms with Crippen molar-refractivity contribution in [3.05, 3.63) is 23.8 Å². The molecule has 0 aliphatic rings. The molecule has 0 saturated carbocycles. The molecule has 3 N–H and O–H groups in total. The number of unbranched alkanes of at least 4 members (excludes halogenated alkanes) is 2. The van der Waals surface area contributed by atoms with Gasteiger partial charge in [0.05, 0.1) is 4.90 Å². The van der Waals surface area contributed by atoms with Gasteiger partial charge in [-0.3, -0.25) is 0 Å². The predicted molar refractivity (Wildman–Crippen MR) is 76.3 cm³/mol. The van der Waals surface area contributed by atoms with Crippen LogP contribution in [-0.4, -0.2) is 38.0 Å². The van der Waals surface area contributed by atoms with Gasteiger partial charge in [0, 0.05) is 25.9 Å². The Morgan fingerprint density at radius 2 is 1.95 bits per heavy atom. The Morgan fingerprint density at radius 3 is 2.58 bits per heavy atom. The van der Waals surface area contributed by atoms with Crippen LogP contribution >= 0.6 is 0 Å². The maximum atomic E-state index is 12.4. The maximum Gasteiger partial charge on any atom is 0.243 e. The van der Waals surface area contributed by atoms with E-state index in [9.17, 15) is 8.42 Å². The molecule has 0 heterocycles. The Balaban J connectivity index is 2.82. The number of benzene rings is 1. The zero-order valence-electron chi connectivity index (χ0n) is 11.5. The van der Waals surface area contributed by atoms with Crippen LogP contribution in [0.4, 0.5) is 5.69 Å². The zero-order chi connectivity index (χ0) is 14.5. The van der Waals surface area contributed by atoms with Crippen LogP contribution in [0.5, 0.6) is 0 Å². The minimum Gasteiger partial charge on any atom is -0.399 e. The molecule has 0 aliphatic carbocycles. The van der Waals surface area contributed by atoms with E-state index in [4.69, 9.17) is 10.8 Å². The summed E-state index contributed by atoms with van der Waals surface area (Å²) < 4.78 is 26.1. The monoisotopic (exact) mass is 286 g/mol. The van der Waals surface area contributed by atoms with Crippen LogP contribution in [0.2, 0.25) is 0 Å². The average Bonchev–Trinajstić information content (AvgIpc) is 2.37. The molecular weight excluding hydrogens is 264 g/mol. The molecule has 0 fully saturated rings. The summed E-state index contributed by atoms with van der Waals surface area (Å²) in [6, 6.07) is 4.90. The van der Waals surface area contributed by atoms with Gasteiger partial charge in [-0.2, -0.15) is 0 Å². The van der Waals surface area contributed by atoms with Gasteiger partial charge in [-0.15, -0.1) is 0 Å². The molecule has 5 nitrogen and oxygen atoms in total. The second kappa shape index (κ2) is 6.88. The summed E-state index contributed by atoms with van der Waals surface area (Å²) in [5.41, 5.74) is 6.79. The normalized spacial score (nSPS) is 12.0. The van der Waals surface area contributed by atoms with Gasteiger partial charge >= 0.3 is 0 Å². The van der Waals surface area contributed by atoms with Gasteiger partial charge in [-0.05, 0) is 43.9 Å². The van der Waals surface area contributed by atoms with Crippen molar-refractivity contribution in [3.8, 4) is 0 Å². The van der Waals surface area contributed by atoms with Gasteiger partial charge in [0.2, 0.25) is 10.0 Å². The summed E-state index contributed by atoms with van der Waals surface area (Å²) in [7, 11) is -1.92. The largest absolute Gasteiger partial charge is 0.399 e. The Kier molecular flexibility index (Phi) is 5.78. The van der Waals surface area contributed by atoms with E-state index in [1.54, 1.807) is 26.1 Å². The van der Waals surface area contributed by atoms with E-state index in [2.05, 4.69) is 0 Å². The number of nitrogens with zero attached hydrogens (tertiary/aromatic N) is 1. The van der Waals surface area contributed by atoms with Crippen LogP contribution < -0.4 is 5.73 Å². The van der Waals surface area contributed by atoms with E-state index in [-0.39, 0.29) is 11.5 Å². The van der Waals surface area contributed by atoms with Gasteiger partial charge in [0.25, 0.3) is 0 Å². The molecule has 19 heavy (non-hydrogen) atoms. The third-order valence-electron chi connectivity index (χ3n) is 3.03. The Hall–Kier alpha value is -1.11.